The van der Waals surface area contributed by atoms with Crippen LogP contribution < -0.4 is 10.5 Å². The quantitative estimate of drug-likeness (QED) is 0.849. The van der Waals surface area contributed by atoms with Crippen molar-refractivity contribution in [1.29, 1.82) is 0 Å². The monoisotopic (exact) mass is 297 g/mol. The van der Waals surface area contributed by atoms with E-state index >= 15 is 0 Å². The van der Waals surface area contributed by atoms with Gasteiger partial charge in [-0.25, -0.2) is 0 Å². The van der Waals surface area contributed by atoms with Crippen molar-refractivity contribution in [3.8, 4) is 5.75 Å². The highest BCUT2D eigenvalue weighted by atomic mass is 79.9. The Morgan fingerprint density at radius 2 is 2.12 bits per heavy atom. The van der Waals surface area contributed by atoms with E-state index in [9.17, 15) is 0 Å². The fourth-order valence-electron chi connectivity index (χ4n) is 2.36. The molecule has 1 aromatic rings. The zero-order chi connectivity index (χ0) is 12.6. The van der Waals surface area contributed by atoms with E-state index < -0.39 is 0 Å². The predicted octanol–water partition coefficient (Wildman–Crippen LogP) is 4.04. The molecule has 94 valence electrons. The highest BCUT2D eigenvalue weighted by Gasteiger charge is 2.29. The van der Waals surface area contributed by atoms with Gasteiger partial charge in [0.25, 0.3) is 0 Å². The topological polar surface area (TPSA) is 35.2 Å². The number of nitrogens with two attached hydrogens (primary N) is 1. The molecule has 1 aromatic carbocycles. The van der Waals surface area contributed by atoms with Gasteiger partial charge in [0.2, 0.25) is 0 Å². The molecule has 2 N–H and O–H groups in total. The molecule has 17 heavy (non-hydrogen) atoms. The molecular formula is C14H20BrNO. The Morgan fingerprint density at radius 1 is 1.41 bits per heavy atom. The van der Waals surface area contributed by atoms with E-state index in [2.05, 4.69) is 42.8 Å². The number of rotatable bonds is 1. The van der Waals surface area contributed by atoms with Crippen LogP contribution >= 0.6 is 15.9 Å². The van der Waals surface area contributed by atoms with Crippen molar-refractivity contribution in [2.24, 2.45) is 11.1 Å². The first kappa shape index (κ1) is 12.9. The van der Waals surface area contributed by atoms with Crippen LogP contribution in [-0.4, -0.2) is 6.10 Å². The Bertz CT molecular complexity index is 411. The van der Waals surface area contributed by atoms with Crippen LogP contribution in [0.2, 0.25) is 0 Å². The Kier molecular flexibility index (Phi) is 3.50. The molecule has 1 aliphatic heterocycles. The van der Waals surface area contributed by atoms with Crippen LogP contribution in [0.15, 0.2) is 22.7 Å². The zero-order valence-corrected chi connectivity index (χ0v) is 12.3. The van der Waals surface area contributed by atoms with Crippen molar-refractivity contribution in [1.82, 2.24) is 0 Å². The minimum absolute atomic E-state index is 0.0867. The van der Waals surface area contributed by atoms with Gasteiger partial charge in [0.05, 0.1) is 0 Å². The van der Waals surface area contributed by atoms with Crippen LogP contribution in [0.25, 0.3) is 0 Å². The van der Waals surface area contributed by atoms with Gasteiger partial charge < -0.3 is 10.5 Å². The van der Waals surface area contributed by atoms with Crippen LogP contribution in [0.5, 0.6) is 5.75 Å². The maximum atomic E-state index is 6.22. The summed E-state index contributed by atoms with van der Waals surface area (Å²) in [5, 5.41) is 0. The minimum atomic E-state index is 0.0867. The van der Waals surface area contributed by atoms with Crippen LogP contribution in [0.4, 0.5) is 0 Å². The molecule has 1 aliphatic rings. The molecule has 2 atom stereocenters. The smallest absolute Gasteiger partial charge is 0.124 e. The molecule has 0 spiro atoms. The molecule has 0 aliphatic carbocycles. The van der Waals surface area contributed by atoms with Crippen molar-refractivity contribution in [2.75, 3.05) is 0 Å². The molecule has 0 amide bonds. The second-order valence-corrected chi connectivity index (χ2v) is 6.94. The van der Waals surface area contributed by atoms with Crippen molar-refractivity contribution in [2.45, 2.75) is 45.8 Å². The molecule has 1 unspecified atom stereocenters. The van der Waals surface area contributed by atoms with Gasteiger partial charge in [-0.15, -0.1) is 0 Å². The summed E-state index contributed by atoms with van der Waals surface area (Å²) in [5.41, 5.74) is 7.61. The third-order valence-corrected chi connectivity index (χ3v) is 3.52. The maximum absolute atomic E-state index is 6.22. The maximum Gasteiger partial charge on any atom is 0.124 e. The lowest BCUT2D eigenvalue weighted by Crippen LogP contribution is -2.32. The van der Waals surface area contributed by atoms with Crippen LogP contribution in [-0.2, 0) is 0 Å². The third kappa shape index (κ3) is 3.23. The van der Waals surface area contributed by atoms with E-state index in [1.807, 2.05) is 12.1 Å². The Balaban J connectivity index is 2.19. The summed E-state index contributed by atoms with van der Waals surface area (Å²) in [7, 11) is 0. The third-order valence-electron chi connectivity index (χ3n) is 3.02. The second-order valence-electron chi connectivity index (χ2n) is 6.03. The Hall–Kier alpha value is -0.540. The zero-order valence-electron chi connectivity index (χ0n) is 10.7. The van der Waals surface area contributed by atoms with Gasteiger partial charge in [-0.1, -0.05) is 36.7 Å². The minimum Gasteiger partial charge on any atom is -0.490 e. The number of benzene rings is 1. The lowest BCUT2D eigenvalue weighted by Gasteiger charge is -2.34. The van der Waals surface area contributed by atoms with Crippen LogP contribution in [0.3, 0.4) is 0 Å². The predicted molar refractivity (Wildman–Crippen MR) is 74.2 cm³/mol. The average molecular weight is 298 g/mol. The van der Waals surface area contributed by atoms with Crippen molar-refractivity contribution in [3.05, 3.63) is 28.2 Å². The first-order valence-electron chi connectivity index (χ1n) is 6.07. The number of hydrogen-bond donors (Lipinski definition) is 1. The van der Waals surface area contributed by atoms with Gasteiger partial charge in [-0.3, -0.25) is 0 Å². The van der Waals surface area contributed by atoms with Crippen molar-refractivity contribution in [3.63, 3.8) is 0 Å². The summed E-state index contributed by atoms with van der Waals surface area (Å²) in [5.74, 6) is 0.946. The largest absolute Gasteiger partial charge is 0.490 e. The second kappa shape index (κ2) is 4.62. The summed E-state index contributed by atoms with van der Waals surface area (Å²) in [4.78, 5) is 0. The molecule has 3 heteroatoms. The average Bonchev–Trinajstić information content (AvgIpc) is 2.17. The summed E-state index contributed by atoms with van der Waals surface area (Å²) < 4.78 is 7.09. The normalized spacial score (nSPS) is 24.1. The first-order chi connectivity index (χ1) is 7.85. The lowest BCUT2D eigenvalue weighted by atomic mass is 9.85. The van der Waals surface area contributed by atoms with E-state index in [4.69, 9.17) is 10.5 Å². The molecule has 2 nitrogen and oxygen atoms in total. The van der Waals surface area contributed by atoms with Gasteiger partial charge in [-0.05, 0) is 30.0 Å². The highest BCUT2D eigenvalue weighted by molar-refractivity contribution is 9.10. The van der Waals surface area contributed by atoms with Crippen LogP contribution in [0, 0.1) is 5.41 Å². The van der Waals surface area contributed by atoms with Gasteiger partial charge in [0, 0.05) is 22.5 Å². The van der Waals surface area contributed by atoms with E-state index in [1.165, 1.54) is 0 Å². The Morgan fingerprint density at radius 3 is 2.76 bits per heavy atom. The van der Waals surface area contributed by atoms with E-state index in [-0.39, 0.29) is 17.6 Å². The van der Waals surface area contributed by atoms with Crippen molar-refractivity contribution >= 4 is 15.9 Å². The van der Waals surface area contributed by atoms with Gasteiger partial charge >= 0.3 is 0 Å². The molecular weight excluding hydrogens is 278 g/mol. The van der Waals surface area contributed by atoms with Crippen molar-refractivity contribution < 1.29 is 4.74 Å². The molecule has 0 bridgehead atoms. The number of hydrogen-bond acceptors (Lipinski definition) is 2. The standard InChI is InChI=1S/C14H20BrNO/c1-14(2,3)8-10-7-12(16)11-6-9(15)4-5-13(11)17-10/h4-6,10,12H,7-8,16H2,1-3H3/t10?,12-/m0/s1. The highest BCUT2D eigenvalue weighted by Crippen LogP contribution is 2.38. The van der Waals surface area contributed by atoms with Gasteiger partial charge in [0.1, 0.15) is 11.9 Å². The molecule has 2 rings (SSSR count). The fourth-order valence-corrected chi connectivity index (χ4v) is 2.74. The Labute approximate surface area is 112 Å². The molecule has 0 saturated heterocycles. The summed E-state index contributed by atoms with van der Waals surface area (Å²) in [6, 6.07) is 6.16. The number of ether oxygens (including phenoxy) is 1. The SMILES string of the molecule is CC(C)(C)CC1C[C@H](N)c2cc(Br)ccc2O1. The summed E-state index contributed by atoms with van der Waals surface area (Å²) in [6.45, 7) is 6.71. The summed E-state index contributed by atoms with van der Waals surface area (Å²) in [6.07, 6.45) is 2.18. The van der Waals surface area contributed by atoms with E-state index in [0.717, 1.165) is 28.6 Å². The van der Waals surface area contributed by atoms with Gasteiger partial charge in [0.15, 0.2) is 0 Å². The fraction of sp³-hybridized carbons (Fsp3) is 0.571. The molecule has 0 fully saturated rings. The number of halogens is 1. The van der Waals surface area contributed by atoms with E-state index in [1.54, 1.807) is 0 Å². The van der Waals surface area contributed by atoms with E-state index in [0.29, 0.717) is 0 Å². The first-order valence-corrected chi connectivity index (χ1v) is 6.86. The molecule has 0 radical (unpaired) electrons. The lowest BCUT2D eigenvalue weighted by molar-refractivity contribution is 0.112. The van der Waals surface area contributed by atoms with Crippen LogP contribution in [0.1, 0.15) is 45.2 Å². The molecule has 0 saturated carbocycles. The molecule has 0 aromatic heterocycles. The van der Waals surface area contributed by atoms with Gasteiger partial charge in [-0.2, -0.15) is 0 Å². The number of fused-ring (bicyclic) bond motifs is 1. The summed E-state index contributed by atoms with van der Waals surface area (Å²) >= 11 is 3.47. The molecule has 1 heterocycles.